The maximum Gasteiger partial charge on any atom is 0.192 e. The summed E-state index contributed by atoms with van der Waals surface area (Å²) in [5, 5.41) is 21.1. The first-order valence-corrected chi connectivity index (χ1v) is 12.8. The van der Waals surface area contributed by atoms with Crippen molar-refractivity contribution in [2.24, 2.45) is 0 Å². The van der Waals surface area contributed by atoms with Gasteiger partial charge in [0.05, 0.1) is 6.61 Å². The predicted molar refractivity (Wildman–Crippen MR) is 114 cm³/mol. The molecule has 6 nitrogen and oxygen atoms in total. The highest BCUT2D eigenvalue weighted by Crippen LogP contribution is 2.37. The second kappa shape index (κ2) is 9.71. The van der Waals surface area contributed by atoms with Crippen molar-refractivity contribution < 1.29 is 28.8 Å². The number of rotatable bonds is 7. The third-order valence-electron chi connectivity index (χ3n) is 5.83. The van der Waals surface area contributed by atoms with Crippen LogP contribution in [-0.4, -0.2) is 63.0 Å². The lowest BCUT2D eigenvalue weighted by molar-refractivity contribution is -0.304. The molecule has 0 aromatic heterocycles. The molecule has 0 unspecified atom stereocenters. The molecule has 2 N–H and O–H groups in total. The van der Waals surface area contributed by atoms with Gasteiger partial charge < -0.3 is 28.8 Å². The summed E-state index contributed by atoms with van der Waals surface area (Å²) in [7, 11) is -0.644. The minimum atomic E-state index is -2.06. The molecule has 7 heteroatoms. The summed E-state index contributed by atoms with van der Waals surface area (Å²) in [4.78, 5) is 0. The van der Waals surface area contributed by atoms with Crippen molar-refractivity contribution in [2.75, 3.05) is 13.7 Å². The molecule has 1 aliphatic rings. The van der Waals surface area contributed by atoms with E-state index < -0.39 is 45.1 Å². The maximum absolute atomic E-state index is 10.7. The van der Waals surface area contributed by atoms with Crippen LogP contribution in [0.3, 0.4) is 0 Å². The Morgan fingerprint density at radius 3 is 2.31 bits per heavy atom. The summed E-state index contributed by atoms with van der Waals surface area (Å²) in [5.41, 5.74) is 0.787. The minimum Gasteiger partial charge on any atom is -0.414 e. The fourth-order valence-corrected chi connectivity index (χ4v) is 3.92. The number of aliphatic hydroxyl groups is 2. The maximum atomic E-state index is 10.7. The highest BCUT2D eigenvalue weighted by molar-refractivity contribution is 6.74. The molecular formula is C22H34O6Si. The number of aliphatic hydroxyl groups excluding tert-OH is 2. The Morgan fingerprint density at radius 2 is 1.79 bits per heavy atom. The van der Waals surface area contributed by atoms with Gasteiger partial charge in [0.1, 0.15) is 30.5 Å². The molecule has 1 heterocycles. The molecule has 0 saturated carbocycles. The van der Waals surface area contributed by atoms with Gasteiger partial charge in [-0.15, -0.1) is 6.42 Å². The van der Waals surface area contributed by atoms with E-state index in [4.69, 9.17) is 25.1 Å². The number of terminal acetylenes is 1. The first kappa shape index (κ1) is 24.0. The zero-order valence-electron chi connectivity index (χ0n) is 18.2. The van der Waals surface area contributed by atoms with Crippen molar-refractivity contribution in [2.45, 2.75) is 75.7 Å². The predicted octanol–water partition coefficient (Wildman–Crippen LogP) is 2.86. The molecule has 1 aliphatic heterocycles. The molecule has 2 rings (SSSR count). The van der Waals surface area contributed by atoms with Crippen LogP contribution >= 0.6 is 0 Å². The van der Waals surface area contributed by atoms with Crippen LogP contribution < -0.4 is 0 Å². The normalized spacial score (nSPS) is 29.3. The zero-order chi connectivity index (χ0) is 21.8. The molecule has 1 aromatic rings. The van der Waals surface area contributed by atoms with E-state index in [1.165, 1.54) is 7.11 Å². The quantitative estimate of drug-likeness (QED) is 0.520. The van der Waals surface area contributed by atoms with Gasteiger partial charge in [0.25, 0.3) is 0 Å². The van der Waals surface area contributed by atoms with Gasteiger partial charge in [-0.2, -0.15) is 0 Å². The second-order valence-corrected chi connectivity index (χ2v) is 13.7. The van der Waals surface area contributed by atoms with Crippen LogP contribution in [-0.2, 0) is 18.6 Å². The van der Waals surface area contributed by atoms with Gasteiger partial charge in [-0.05, 0) is 23.7 Å². The first-order valence-electron chi connectivity index (χ1n) is 9.86. The van der Waals surface area contributed by atoms with Crippen molar-refractivity contribution >= 4 is 8.32 Å². The Bertz CT molecular complexity index is 681. The van der Waals surface area contributed by atoms with E-state index >= 15 is 0 Å². The van der Waals surface area contributed by atoms with Crippen LogP contribution in [0.1, 0.15) is 32.4 Å². The second-order valence-electron chi connectivity index (χ2n) is 8.89. The highest BCUT2D eigenvalue weighted by Gasteiger charge is 2.48. The average molecular weight is 423 g/mol. The highest BCUT2D eigenvalue weighted by atomic mass is 28.4. The molecule has 0 aliphatic carbocycles. The Morgan fingerprint density at radius 1 is 1.17 bits per heavy atom. The summed E-state index contributed by atoms with van der Waals surface area (Å²) < 4.78 is 23.5. The van der Waals surface area contributed by atoms with E-state index in [1.807, 2.05) is 30.3 Å². The van der Waals surface area contributed by atoms with Gasteiger partial charge >= 0.3 is 0 Å². The van der Waals surface area contributed by atoms with E-state index in [0.717, 1.165) is 5.56 Å². The summed E-state index contributed by atoms with van der Waals surface area (Å²) in [6.07, 6.45) is 0.0108. The number of ether oxygens (including phenoxy) is 3. The molecule has 1 aromatic carbocycles. The molecule has 6 atom stereocenters. The van der Waals surface area contributed by atoms with E-state index in [2.05, 4.69) is 39.8 Å². The molecule has 1 saturated heterocycles. The van der Waals surface area contributed by atoms with Gasteiger partial charge in [0.15, 0.2) is 14.6 Å². The average Bonchev–Trinajstić information content (AvgIpc) is 2.68. The van der Waals surface area contributed by atoms with Crippen LogP contribution in [0, 0.1) is 12.3 Å². The molecule has 162 valence electrons. The Kier molecular flexibility index (Phi) is 8.05. The van der Waals surface area contributed by atoms with Crippen molar-refractivity contribution in [3.8, 4) is 12.3 Å². The molecule has 0 amide bonds. The third kappa shape index (κ3) is 5.67. The monoisotopic (exact) mass is 422 g/mol. The Labute approximate surface area is 175 Å². The van der Waals surface area contributed by atoms with Crippen LogP contribution in [0.4, 0.5) is 0 Å². The van der Waals surface area contributed by atoms with Gasteiger partial charge in [0, 0.05) is 7.11 Å². The Hall–Kier alpha value is -1.24. The minimum absolute atomic E-state index is 0.0161. The van der Waals surface area contributed by atoms with Crippen LogP contribution in [0.5, 0.6) is 0 Å². The van der Waals surface area contributed by atoms with E-state index in [0.29, 0.717) is 0 Å². The lowest BCUT2D eigenvalue weighted by Gasteiger charge is -2.44. The SMILES string of the molecule is C#C[C@@H](O[C@@H]1[C@H](O)[C@@H](O)[C@@H](OC)O[C@@H]1CO[Si](C)(C)C(C)(C)C)c1ccccc1. The van der Waals surface area contributed by atoms with Crippen LogP contribution in [0.15, 0.2) is 30.3 Å². The summed E-state index contributed by atoms with van der Waals surface area (Å²) >= 11 is 0. The summed E-state index contributed by atoms with van der Waals surface area (Å²) in [6.45, 7) is 10.9. The number of hydrogen-bond donors (Lipinski definition) is 2. The lowest BCUT2D eigenvalue weighted by atomic mass is 9.98. The molecule has 0 radical (unpaired) electrons. The summed E-state index contributed by atoms with van der Waals surface area (Å²) in [5.74, 6) is 2.61. The van der Waals surface area contributed by atoms with Crippen LogP contribution in [0.25, 0.3) is 0 Å². The topological polar surface area (TPSA) is 77.4 Å². The fraction of sp³-hybridized carbons (Fsp3) is 0.636. The molecule has 0 spiro atoms. The number of benzene rings is 1. The standard InChI is InChI=1S/C22H34O6Si/c1-8-16(15-12-10-9-11-13-15)27-20-17(14-26-29(6,7)22(2,3)4)28-21(25-5)19(24)18(20)23/h1,9-13,16-21,23-24H,14H2,2-7H3/t16-,17-,18-,19-,20+,21+/m1/s1. The smallest absolute Gasteiger partial charge is 0.192 e. The molecule has 1 fully saturated rings. The van der Waals surface area contributed by atoms with Crippen molar-refractivity contribution in [1.82, 2.24) is 0 Å². The Balaban J connectivity index is 2.23. The van der Waals surface area contributed by atoms with Crippen molar-refractivity contribution in [1.29, 1.82) is 0 Å². The van der Waals surface area contributed by atoms with Gasteiger partial charge in [-0.25, -0.2) is 0 Å². The molecule has 0 bridgehead atoms. The van der Waals surface area contributed by atoms with Crippen molar-refractivity contribution in [3.05, 3.63) is 35.9 Å². The zero-order valence-corrected chi connectivity index (χ0v) is 19.2. The fourth-order valence-electron chi connectivity index (χ4n) is 2.91. The molecule has 29 heavy (non-hydrogen) atoms. The lowest BCUT2D eigenvalue weighted by Crippen LogP contribution is -2.61. The van der Waals surface area contributed by atoms with E-state index in [-0.39, 0.29) is 11.6 Å². The number of hydrogen-bond acceptors (Lipinski definition) is 6. The summed E-state index contributed by atoms with van der Waals surface area (Å²) in [6, 6.07) is 9.33. The third-order valence-corrected chi connectivity index (χ3v) is 10.3. The van der Waals surface area contributed by atoms with Crippen LogP contribution in [0.2, 0.25) is 18.1 Å². The van der Waals surface area contributed by atoms with Gasteiger partial charge in [-0.1, -0.05) is 57.0 Å². The van der Waals surface area contributed by atoms with Gasteiger partial charge in [0.2, 0.25) is 0 Å². The number of methoxy groups -OCH3 is 1. The first-order chi connectivity index (χ1) is 13.5. The van der Waals surface area contributed by atoms with Gasteiger partial charge in [-0.3, -0.25) is 0 Å². The van der Waals surface area contributed by atoms with Crippen molar-refractivity contribution in [3.63, 3.8) is 0 Å². The largest absolute Gasteiger partial charge is 0.414 e. The van der Waals surface area contributed by atoms with E-state index in [9.17, 15) is 10.2 Å². The van der Waals surface area contributed by atoms with E-state index in [1.54, 1.807) is 0 Å². The molecular weight excluding hydrogens is 388 g/mol.